The molecule has 0 aliphatic rings. The summed E-state index contributed by atoms with van der Waals surface area (Å²) in [7, 11) is 0. The van der Waals surface area contributed by atoms with Gasteiger partial charge in [0.25, 0.3) is 0 Å². The van der Waals surface area contributed by atoms with E-state index in [4.69, 9.17) is 0 Å². The number of hydrogen-bond acceptors (Lipinski definition) is 0. The van der Waals surface area contributed by atoms with Crippen molar-refractivity contribution in [3.05, 3.63) is 48.6 Å². The molecule has 1 aromatic carbocycles. The number of hydrogen-bond donors (Lipinski definition) is 1. The fraction of sp³-hybridized carbons (Fsp3) is 0.111. The van der Waals surface area contributed by atoms with Gasteiger partial charge in [0.2, 0.25) is 0 Å². The minimum atomic E-state index is 0. The average Bonchev–Trinajstić information content (AvgIpc) is 2.05. The van der Waals surface area contributed by atoms with Crippen LogP contribution >= 0.6 is 0 Å². The van der Waals surface area contributed by atoms with E-state index in [1.54, 1.807) is 0 Å². The van der Waals surface area contributed by atoms with Crippen LogP contribution in [0.4, 0.5) is 0 Å². The van der Waals surface area contributed by atoms with Crippen molar-refractivity contribution in [3.8, 4) is 0 Å². The van der Waals surface area contributed by atoms with Crippen LogP contribution in [-0.2, 0) is 0 Å². The third-order valence-electron chi connectivity index (χ3n) is 1.51. The molecule has 0 saturated heterocycles. The van der Waals surface area contributed by atoms with Gasteiger partial charge in [0.1, 0.15) is 6.04 Å². The Morgan fingerprint density at radius 2 is 1.82 bits per heavy atom. The quantitative estimate of drug-likeness (QED) is 0.504. The lowest BCUT2D eigenvalue weighted by Gasteiger charge is -2.00. The van der Waals surface area contributed by atoms with Crippen LogP contribution < -0.4 is 18.1 Å². The molecule has 0 bridgehead atoms. The first-order chi connectivity index (χ1) is 4.84. The first-order valence-electron chi connectivity index (χ1n) is 3.35. The molecular weight excluding hydrogens is 158 g/mol. The summed E-state index contributed by atoms with van der Waals surface area (Å²) in [6, 6.07) is 10.4. The summed E-state index contributed by atoms with van der Waals surface area (Å²) in [5, 5.41) is 0. The van der Waals surface area contributed by atoms with E-state index in [0.717, 1.165) is 0 Å². The Balaban J connectivity index is 0.000001000. The fourth-order valence-corrected chi connectivity index (χ4v) is 0.836. The molecule has 0 heterocycles. The molecule has 1 nitrogen and oxygen atoms in total. The van der Waals surface area contributed by atoms with Gasteiger partial charge in [0.15, 0.2) is 0 Å². The van der Waals surface area contributed by atoms with Crippen molar-refractivity contribution in [1.29, 1.82) is 0 Å². The van der Waals surface area contributed by atoms with Crippen LogP contribution in [0.2, 0.25) is 0 Å². The van der Waals surface area contributed by atoms with E-state index in [1.807, 2.05) is 24.3 Å². The van der Waals surface area contributed by atoms with Gasteiger partial charge in [-0.25, -0.2) is 0 Å². The zero-order valence-corrected chi connectivity index (χ0v) is 7.09. The normalized spacial score (nSPS) is 11.4. The SMILES string of the molecule is C=CC([NH3+])c1ccccc1.[Cl-]. The van der Waals surface area contributed by atoms with Crippen molar-refractivity contribution in [2.45, 2.75) is 6.04 Å². The van der Waals surface area contributed by atoms with Gasteiger partial charge < -0.3 is 18.1 Å². The van der Waals surface area contributed by atoms with Gasteiger partial charge in [-0.15, -0.1) is 0 Å². The first-order valence-corrected chi connectivity index (χ1v) is 3.35. The maximum absolute atomic E-state index is 3.91. The number of benzene rings is 1. The molecule has 0 fully saturated rings. The van der Waals surface area contributed by atoms with Gasteiger partial charge in [-0.2, -0.15) is 0 Å². The molecule has 2 heteroatoms. The predicted octanol–water partition coefficient (Wildman–Crippen LogP) is -1.84. The van der Waals surface area contributed by atoms with E-state index in [1.165, 1.54) is 5.56 Å². The Labute approximate surface area is 73.3 Å². The lowest BCUT2D eigenvalue weighted by molar-refractivity contribution is -0.409. The van der Waals surface area contributed by atoms with Crippen molar-refractivity contribution in [2.24, 2.45) is 0 Å². The Morgan fingerprint density at radius 1 is 1.27 bits per heavy atom. The summed E-state index contributed by atoms with van der Waals surface area (Å²) in [4.78, 5) is 0. The van der Waals surface area contributed by atoms with Gasteiger partial charge >= 0.3 is 0 Å². The van der Waals surface area contributed by atoms with E-state index >= 15 is 0 Å². The standard InChI is InChI=1S/C9H11N.ClH/c1-2-9(10)8-6-4-3-5-7-8;/h2-7,9H,1,10H2;1H. The summed E-state index contributed by atoms with van der Waals surface area (Å²) in [6.45, 7) is 3.67. The molecule has 60 valence electrons. The molecule has 0 radical (unpaired) electrons. The van der Waals surface area contributed by atoms with Crippen molar-refractivity contribution in [2.75, 3.05) is 0 Å². The molecule has 1 rings (SSSR count). The van der Waals surface area contributed by atoms with Gasteiger partial charge in [-0.3, -0.25) is 0 Å². The Morgan fingerprint density at radius 3 is 2.27 bits per heavy atom. The molecule has 0 aromatic heterocycles. The largest absolute Gasteiger partial charge is 1.00 e. The van der Waals surface area contributed by atoms with Crippen LogP contribution in [0.1, 0.15) is 11.6 Å². The van der Waals surface area contributed by atoms with Crippen LogP contribution in [0.15, 0.2) is 43.0 Å². The average molecular weight is 170 g/mol. The van der Waals surface area contributed by atoms with Gasteiger partial charge in [-0.1, -0.05) is 36.9 Å². The molecule has 1 atom stereocenters. The number of rotatable bonds is 2. The third kappa shape index (κ3) is 2.74. The second kappa shape index (κ2) is 4.94. The number of halogens is 1. The van der Waals surface area contributed by atoms with E-state index in [0.29, 0.717) is 0 Å². The highest BCUT2D eigenvalue weighted by molar-refractivity contribution is 5.19. The molecule has 0 amide bonds. The summed E-state index contributed by atoms with van der Waals surface area (Å²) in [5.74, 6) is 0. The van der Waals surface area contributed by atoms with Gasteiger partial charge in [-0.05, 0) is 6.08 Å². The smallest absolute Gasteiger partial charge is 0.128 e. The highest BCUT2D eigenvalue weighted by Crippen LogP contribution is 2.06. The Bertz CT molecular complexity index is 208. The molecule has 11 heavy (non-hydrogen) atoms. The highest BCUT2D eigenvalue weighted by atomic mass is 35.5. The summed E-state index contributed by atoms with van der Waals surface area (Å²) in [5.41, 5.74) is 5.13. The van der Waals surface area contributed by atoms with E-state index in [-0.39, 0.29) is 18.4 Å². The van der Waals surface area contributed by atoms with Crippen LogP contribution in [0, 0.1) is 0 Å². The maximum Gasteiger partial charge on any atom is 0.128 e. The molecule has 0 spiro atoms. The van der Waals surface area contributed by atoms with Crippen molar-refractivity contribution in [3.63, 3.8) is 0 Å². The molecule has 0 aliphatic carbocycles. The molecule has 0 saturated carbocycles. The van der Waals surface area contributed by atoms with Crippen LogP contribution in [0.25, 0.3) is 0 Å². The lowest BCUT2D eigenvalue weighted by Crippen LogP contribution is -3.00. The molecular formula is C9H12ClN. The number of quaternary nitrogens is 1. The Hall–Kier alpha value is -0.790. The molecule has 0 aliphatic heterocycles. The van der Waals surface area contributed by atoms with Crippen molar-refractivity contribution in [1.82, 2.24) is 0 Å². The summed E-state index contributed by atoms with van der Waals surface area (Å²) in [6.07, 6.45) is 1.84. The fourth-order valence-electron chi connectivity index (χ4n) is 0.836. The van der Waals surface area contributed by atoms with Crippen LogP contribution in [0.5, 0.6) is 0 Å². The van der Waals surface area contributed by atoms with Gasteiger partial charge in [0.05, 0.1) is 0 Å². The van der Waals surface area contributed by atoms with E-state index in [9.17, 15) is 0 Å². The van der Waals surface area contributed by atoms with Gasteiger partial charge in [0, 0.05) is 5.56 Å². The zero-order chi connectivity index (χ0) is 7.40. The first kappa shape index (κ1) is 10.2. The Kier molecular flexibility index (Phi) is 4.59. The van der Waals surface area contributed by atoms with Crippen molar-refractivity contribution >= 4 is 0 Å². The minimum Gasteiger partial charge on any atom is -1.00 e. The lowest BCUT2D eigenvalue weighted by atomic mass is 10.1. The van der Waals surface area contributed by atoms with E-state index < -0.39 is 0 Å². The third-order valence-corrected chi connectivity index (χ3v) is 1.51. The van der Waals surface area contributed by atoms with Crippen LogP contribution in [0.3, 0.4) is 0 Å². The van der Waals surface area contributed by atoms with Crippen LogP contribution in [-0.4, -0.2) is 0 Å². The minimum absolute atomic E-state index is 0. The molecule has 1 unspecified atom stereocenters. The molecule has 1 aromatic rings. The monoisotopic (exact) mass is 169 g/mol. The predicted molar refractivity (Wildman–Crippen MR) is 42.3 cm³/mol. The maximum atomic E-state index is 3.91. The zero-order valence-electron chi connectivity index (χ0n) is 6.33. The molecule has 3 N–H and O–H groups in total. The topological polar surface area (TPSA) is 27.6 Å². The van der Waals surface area contributed by atoms with Crippen molar-refractivity contribution < 1.29 is 18.1 Å². The second-order valence-electron chi connectivity index (χ2n) is 2.25. The van der Waals surface area contributed by atoms with E-state index in [2.05, 4.69) is 24.4 Å². The highest BCUT2D eigenvalue weighted by Gasteiger charge is 2.00. The summed E-state index contributed by atoms with van der Waals surface area (Å²) < 4.78 is 0. The second-order valence-corrected chi connectivity index (χ2v) is 2.25. The summed E-state index contributed by atoms with van der Waals surface area (Å²) >= 11 is 0.